The molecule has 0 amide bonds. The lowest BCUT2D eigenvalue weighted by molar-refractivity contribution is -0.303. The van der Waals surface area contributed by atoms with Gasteiger partial charge in [-0.3, -0.25) is 9.11 Å². The van der Waals surface area contributed by atoms with Gasteiger partial charge in [-0.05, 0) is 6.08 Å². The van der Waals surface area contributed by atoms with Crippen molar-refractivity contribution in [2.24, 2.45) is 0 Å². The van der Waals surface area contributed by atoms with Crippen molar-refractivity contribution in [2.45, 2.75) is 49.1 Å². The third-order valence-electron chi connectivity index (χ3n) is 4.06. The monoisotopic (exact) mass is 497 g/mol. The van der Waals surface area contributed by atoms with Gasteiger partial charge in [0.15, 0.2) is 12.4 Å². The third kappa shape index (κ3) is 6.74. The molecule has 17 nitrogen and oxygen atoms in total. The van der Waals surface area contributed by atoms with E-state index >= 15 is 0 Å². The molecule has 2 heterocycles. The van der Waals surface area contributed by atoms with E-state index in [0.29, 0.717) is 6.08 Å². The van der Waals surface area contributed by atoms with E-state index in [-0.39, 0.29) is 0 Å². The van der Waals surface area contributed by atoms with Crippen LogP contribution in [0.1, 0.15) is 0 Å². The van der Waals surface area contributed by atoms with Crippen LogP contribution in [-0.4, -0.2) is 113 Å². The number of carboxylic acids is 1. The Balaban J connectivity index is 2.36. The van der Waals surface area contributed by atoms with Crippen molar-refractivity contribution in [3.05, 3.63) is 11.8 Å². The van der Waals surface area contributed by atoms with Crippen molar-refractivity contribution < 1.29 is 74.7 Å². The molecule has 2 aliphatic heterocycles. The number of aliphatic hydroxyl groups excluding tert-OH is 4. The Hall–Kier alpha value is -1.49. The Morgan fingerprint density at radius 3 is 2.23 bits per heavy atom. The number of aliphatic carboxylic acids is 1. The van der Waals surface area contributed by atoms with Crippen molar-refractivity contribution in [3.8, 4) is 0 Å². The van der Waals surface area contributed by atoms with Gasteiger partial charge in [0.25, 0.3) is 0 Å². The molecule has 8 N–H and O–H groups in total. The molecular formula is C12H19NO16S2. The highest BCUT2D eigenvalue weighted by Gasteiger charge is 2.50. The molecule has 0 aromatic heterocycles. The van der Waals surface area contributed by atoms with Crippen LogP contribution in [0.5, 0.6) is 0 Å². The van der Waals surface area contributed by atoms with Gasteiger partial charge in [0, 0.05) is 0 Å². The minimum absolute atomic E-state index is 0.516. The fourth-order valence-electron chi connectivity index (χ4n) is 2.82. The van der Waals surface area contributed by atoms with Gasteiger partial charge in [-0.25, -0.2) is 8.98 Å². The number of carboxylic acid groups (broad SMARTS) is 1. The first-order valence-corrected chi connectivity index (χ1v) is 10.9. The molecule has 19 heteroatoms. The average molecular weight is 497 g/mol. The van der Waals surface area contributed by atoms with E-state index in [1.165, 1.54) is 4.72 Å². The molecule has 0 unspecified atom stereocenters. The Labute approximate surface area is 174 Å². The van der Waals surface area contributed by atoms with E-state index in [2.05, 4.69) is 4.18 Å². The molecule has 0 radical (unpaired) electrons. The van der Waals surface area contributed by atoms with Crippen molar-refractivity contribution >= 4 is 26.7 Å². The molecule has 0 aliphatic carbocycles. The minimum atomic E-state index is -5.25. The highest BCUT2D eigenvalue weighted by atomic mass is 32.3. The van der Waals surface area contributed by atoms with Crippen molar-refractivity contribution in [3.63, 3.8) is 0 Å². The molecule has 0 bridgehead atoms. The van der Waals surface area contributed by atoms with E-state index < -0.39 is 88.2 Å². The molecule has 2 rings (SSSR count). The van der Waals surface area contributed by atoms with E-state index in [4.69, 9.17) is 28.4 Å². The van der Waals surface area contributed by atoms with E-state index in [1.807, 2.05) is 0 Å². The second-order valence-corrected chi connectivity index (χ2v) is 8.49. The van der Waals surface area contributed by atoms with Crippen molar-refractivity contribution in [2.75, 3.05) is 6.61 Å². The quantitative estimate of drug-likeness (QED) is 0.146. The van der Waals surface area contributed by atoms with Crippen LogP contribution in [0.3, 0.4) is 0 Å². The fraction of sp³-hybridized carbons (Fsp3) is 0.750. The highest BCUT2D eigenvalue weighted by molar-refractivity contribution is 7.83. The van der Waals surface area contributed by atoms with Crippen LogP contribution >= 0.6 is 0 Å². The topological polar surface area (TPSA) is 276 Å². The number of carbonyl (C=O) groups is 1. The lowest BCUT2D eigenvalue weighted by Gasteiger charge is -2.44. The summed E-state index contributed by atoms with van der Waals surface area (Å²) in [5.74, 6) is -2.69. The molecule has 1 fully saturated rings. The number of hydrogen-bond acceptors (Lipinski definition) is 13. The maximum absolute atomic E-state index is 11.1. The molecule has 0 aromatic rings. The van der Waals surface area contributed by atoms with Gasteiger partial charge >= 0.3 is 26.7 Å². The first-order chi connectivity index (χ1) is 14.1. The normalized spacial score (nSPS) is 37.0. The Bertz CT molecular complexity index is 902. The third-order valence-corrected chi connectivity index (χ3v) is 5.10. The summed E-state index contributed by atoms with van der Waals surface area (Å²) >= 11 is 0. The zero-order valence-electron chi connectivity index (χ0n) is 15.0. The first-order valence-electron chi connectivity index (χ1n) is 8.11. The van der Waals surface area contributed by atoms with E-state index in [0.717, 1.165) is 0 Å². The SMILES string of the molecule is O=C(O)C1=C[C@@H](O)[C@@H](OS(=O)(=O)O)[C@@H](O[C@@H]2[C@H](O)[C@H](NS(=O)(=O)O)[C@H](O)O[C@@H]2CO)O1. The van der Waals surface area contributed by atoms with Gasteiger partial charge in [0.1, 0.15) is 30.5 Å². The van der Waals surface area contributed by atoms with Gasteiger partial charge in [-0.1, -0.05) is 0 Å². The molecule has 0 aromatic carbocycles. The lowest BCUT2D eigenvalue weighted by atomic mass is 9.97. The van der Waals surface area contributed by atoms with Crippen molar-refractivity contribution in [1.29, 1.82) is 0 Å². The van der Waals surface area contributed by atoms with Crippen LogP contribution in [0.4, 0.5) is 0 Å². The van der Waals surface area contributed by atoms with Crippen molar-refractivity contribution in [1.82, 2.24) is 4.72 Å². The van der Waals surface area contributed by atoms with Crippen LogP contribution in [0.25, 0.3) is 0 Å². The zero-order valence-corrected chi connectivity index (χ0v) is 16.7. The molecule has 0 spiro atoms. The summed E-state index contributed by atoms with van der Waals surface area (Å²) in [6, 6.07) is -1.98. The first kappa shape index (κ1) is 25.8. The number of ether oxygens (including phenoxy) is 3. The maximum Gasteiger partial charge on any atom is 0.397 e. The molecular weight excluding hydrogens is 478 g/mol. The van der Waals surface area contributed by atoms with E-state index in [1.54, 1.807) is 0 Å². The molecule has 31 heavy (non-hydrogen) atoms. The number of nitrogens with one attached hydrogen (secondary N) is 1. The zero-order chi connectivity index (χ0) is 23.7. The summed E-state index contributed by atoms with van der Waals surface area (Å²) < 4.78 is 82.5. The lowest BCUT2D eigenvalue weighted by Crippen LogP contribution is -2.66. The summed E-state index contributed by atoms with van der Waals surface area (Å²) in [6.07, 6.45) is -13.6. The maximum atomic E-state index is 11.1. The van der Waals surface area contributed by atoms with Gasteiger partial charge in [0.2, 0.25) is 12.0 Å². The molecule has 180 valence electrons. The molecule has 8 atom stereocenters. The second kappa shape index (κ2) is 9.56. The fourth-order valence-corrected chi connectivity index (χ4v) is 3.90. The van der Waals surface area contributed by atoms with Crippen LogP contribution in [0.15, 0.2) is 11.8 Å². The Kier molecular flexibility index (Phi) is 7.95. The summed E-state index contributed by atoms with van der Waals surface area (Å²) in [7, 11) is -10.2. The largest absolute Gasteiger partial charge is 0.475 e. The number of hydrogen-bond donors (Lipinski definition) is 8. The van der Waals surface area contributed by atoms with Crippen LogP contribution in [0.2, 0.25) is 0 Å². The summed E-state index contributed by atoms with van der Waals surface area (Å²) in [5, 5.41) is 48.6. The standard InChI is InChI=1S/C12H19NO16S2/c14-2-5-9(7(16)6(11(19)26-5)13-30(20,21)22)28-12-8(29-31(23,24)25)3(15)1-4(27-12)10(17)18/h1,3,5-9,11-16,19H,2H2,(H,17,18)(H,20,21,22)(H,23,24,25)/t3-,5-,6+,7-,8-,9+,11-,12-/m1/s1. The minimum Gasteiger partial charge on any atom is -0.475 e. The summed E-state index contributed by atoms with van der Waals surface area (Å²) in [4.78, 5) is 11.1. The molecule has 2 aliphatic rings. The van der Waals surface area contributed by atoms with E-state index in [9.17, 15) is 42.1 Å². The van der Waals surface area contributed by atoms with Gasteiger partial charge < -0.3 is 39.7 Å². The van der Waals surface area contributed by atoms with Crippen LogP contribution < -0.4 is 4.72 Å². The second-order valence-electron chi connectivity index (χ2n) is 6.26. The van der Waals surface area contributed by atoms with Crippen LogP contribution in [-0.2, 0) is 43.9 Å². The summed E-state index contributed by atoms with van der Waals surface area (Å²) in [6.45, 7) is -0.974. The van der Waals surface area contributed by atoms with Gasteiger partial charge in [-0.15, -0.1) is 0 Å². The predicted octanol–water partition coefficient (Wildman–Crippen LogP) is -4.92. The smallest absolute Gasteiger partial charge is 0.397 e. The van der Waals surface area contributed by atoms with Crippen LogP contribution in [0, 0.1) is 0 Å². The Morgan fingerprint density at radius 1 is 1.13 bits per heavy atom. The average Bonchev–Trinajstić information content (AvgIpc) is 2.61. The van der Waals surface area contributed by atoms with Gasteiger partial charge in [-0.2, -0.15) is 21.6 Å². The van der Waals surface area contributed by atoms with Gasteiger partial charge in [0.05, 0.1) is 6.61 Å². The number of rotatable bonds is 8. The number of aliphatic hydroxyl groups is 4. The predicted molar refractivity (Wildman–Crippen MR) is 90.3 cm³/mol. The molecule has 1 saturated heterocycles. The Morgan fingerprint density at radius 2 is 1.74 bits per heavy atom. The summed E-state index contributed by atoms with van der Waals surface area (Å²) in [5.41, 5.74) is 0. The highest BCUT2D eigenvalue weighted by Crippen LogP contribution is 2.29. The molecule has 0 saturated carbocycles.